The van der Waals surface area contributed by atoms with Gasteiger partial charge in [0.15, 0.2) is 0 Å². The van der Waals surface area contributed by atoms with Crippen LogP contribution in [0.25, 0.3) is 0 Å². The van der Waals surface area contributed by atoms with Gasteiger partial charge in [0.1, 0.15) is 0 Å². The van der Waals surface area contributed by atoms with Gasteiger partial charge in [-0.05, 0) is 0 Å². The third-order valence-corrected chi connectivity index (χ3v) is 8.70. The molecule has 1 atom stereocenters. The number of ether oxygens (including phenoxy) is 1. The Balaban J connectivity index is 1.78. The molecule has 2 aromatic rings. The van der Waals surface area contributed by atoms with Crippen molar-refractivity contribution in [1.29, 1.82) is 0 Å². The number of benzene rings is 2. The topological polar surface area (TPSA) is 29.5 Å². The number of fused-ring (bicyclic) bond motifs is 5. The quantitative estimate of drug-likeness (QED) is 0.531. The molecule has 29 heavy (non-hydrogen) atoms. The fraction of sp³-hybridized carbons (Fsp3) is 0.240. The Kier molecular flexibility index (Phi) is 4.39. The SMILES string of the molecule is C=C1C(=O)C=CC2=C1[Se]c1cc(N(CC)CC)ccc1C21OCc2ccccc21. The van der Waals surface area contributed by atoms with E-state index in [1.165, 1.54) is 26.8 Å². The molecule has 0 N–H and O–H groups in total. The Morgan fingerprint density at radius 2 is 1.90 bits per heavy atom. The molecule has 1 unspecified atom stereocenters. The third-order valence-electron chi connectivity index (χ3n) is 6.12. The van der Waals surface area contributed by atoms with Crippen LogP contribution in [-0.4, -0.2) is 33.8 Å². The number of ketones is 1. The summed E-state index contributed by atoms with van der Waals surface area (Å²) in [6.45, 7) is 11.0. The molecule has 3 aliphatic rings. The fourth-order valence-corrected chi connectivity index (χ4v) is 7.29. The van der Waals surface area contributed by atoms with Crippen LogP contribution < -0.4 is 9.36 Å². The Bertz CT molecular complexity index is 1110. The molecule has 5 rings (SSSR count). The van der Waals surface area contributed by atoms with Gasteiger partial charge in [-0.15, -0.1) is 0 Å². The van der Waals surface area contributed by atoms with Crippen molar-refractivity contribution in [3.8, 4) is 0 Å². The van der Waals surface area contributed by atoms with Gasteiger partial charge in [-0.3, -0.25) is 0 Å². The molecule has 0 bridgehead atoms. The number of carbonyl (C=O) groups is 1. The second kappa shape index (κ2) is 6.84. The minimum absolute atomic E-state index is 0.00963. The van der Waals surface area contributed by atoms with E-state index in [1.54, 1.807) is 6.08 Å². The van der Waals surface area contributed by atoms with Crippen LogP contribution in [0.15, 0.2) is 76.8 Å². The molecule has 146 valence electrons. The maximum absolute atomic E-state index is 12.4. The second-order valence-electron chi connectivity index (χ2n) is 7.50. The maximum atomic E-state index is 12.4. The summed E-state index contributed by atoms with van der Waals surface area (Å²) >= 11 is 0.0114. The zero-order valence-corrected chi connectivity index (χ0v) is 18.4. The van der Waals surface area contributed by atoms with Crippen molar-refractivity contribution in [2.24, 2.45) is 0 Å². The van der Waals surface area contributed by atoms with Gasteiger partial charge in [-0.1, -0.05) is 0 Å². The van der Waals surface area contributed by atoms with Crippen LogP contribution in [-0.2, 0) is 21.7 Å². The summed E-state index contributed by atoms with van der Waals surface area (Å²) in [5.74, 6) is 0.00963. The zero-order valence-electron chi connectivity index (χ0n) is 16.7. The number of hydrogen-bond donors (Lipinski definition) is 0. The first-order valence-corrected chi connectivity index (χ1v) is 11.8. The van der Waals surface area contributed by atoms with Crippen LogP contribution in [0.5, 0.6) is 0 Å². The Morgan fingerprint density at radius 1 is 1.10 bits per heavy atom. The van der Waals surface area contributed by atoms with E-state index in [9.17, 15) is 4.79 Å². The van der Waals surface area contributed by atoms with Crippen molar-refractivity contribution in [2.45, 2.75) is 26.1 Å². The fourth-order valence-electron chi connectivity index (χ4n) is 4.63. The van der Waals surface area contributed by atoms with Gasteiger partial charge in [0.25, 0.3) is 0 Å². The van der Waals surface area contributed by atoms with Crippen molar-refractivity contribution in [3.05, 3.63) is 93.5 Å². The molecule has 0 saturated heterocycles. The van der Waals surface area contributed by atoms with Gasteiger partial charge < -0.3 is 0 Å². The molecule has 0 saturated carbocycles. The summed E-state index contributed by atoms with van der Waals surface area (Å²) in [5.41, 5.74) is 5.90. The Morgan fingerprint density at radius 3 is 2.69 bits per heavy atom. The van der Waals surface area contributed by atoms with Crippen molar-refractivity contribution in [2.75, 3.05) is 18.0 Å². The van der Waals surface area contributed by atoms with Crippen LogP contribution in [0.4, 0.5) is 5.69 Å². The molecule has 2 heterocycles. The van der Waals surface area contributed by atoms with Gasteiger partial charge in [0.2, 0.25) is 0 Å². The molecule has 2 aromatic carbocycles. The van der Waals surface area contributed by atoms with Crippen molar-refractivity contribution >= 4 is 30.9 Å². The first-order chi connectivity index (χ1) is 14.1. The van der Waals surface area contributed by atoms with E-state index >= 15 is 0 Å². The number of carbonyl (C=O) groups excluding carboxylic acids is 1. The number of allylic oxidation sites excluding steroid dienone is 3. The van der Waals surface area contributed by atoms with E-state index in [-0.39, 0.29) is 20.7 Å². The molecule has 0 fully saturated rings. The van der Waals surface area contributed by atoms with Crippen LogP contribution in [0, 0.1) is 0 Å². The van der Waals surface area contributed by atoms with Crippen LogP contribution in [0.3, 0.4) is 0 Å². The number of anilines is 1. The van der Waals surface area contributed by atoms with E-state index in [0.717, 1.165) is 23.1 Å². The van der Waals surface area contributed by atoms with E-state index in [2.05, 4.69) is 67.8 Å². The summed E-state index contributed by atoms with van der Waals surface area (Å²) in [7, 11) is 0. The Hall–Kier alpha value is -2.39. The van der Waals surface area contributed by atoms with Crippen LogP contribution in [0.1, 0.15) is 30.5 Å². The van der Waals surface area contributed by atoms with Gasteiger partial charge in [-0.25, -0.2) is 0 Å². The van der Waals surface area contributed by atoms with Gasteiger partial charge >= 0.3 is 178 Å². The van der Waals surface area contributed by atoms with Gasteiger partial charge in [0.05, 0.1) is 0 Å². The first kappa shape index (κ1) is 18.6. The first-order valence-electron chi connectivity index (χ1n) is 10.1. The van der Waals surface area contributed by atoms with E-state index < -0.39 is 5.60 Å². The summed E-state index contributed by atoms with van der Waals surface area (Å²) in [6.07, 6.45) is 3.62. The molecule has 0 aromatic heterocycles. The van der Waals surface area contributed by atoms with Crippen LogP contribution in [0.2, 0.25) is 0 Å². The van der Waals surface area contributed by atoms with Gasteiger partial charge in [-0.2, -0.15) is 0 Å². The standard InChI is InChI=1S/C25H23NO2Se/c1-4-26(5-2)18-10-11-20-23(14-18)29-24-16(3)22(27)13-12-21(24)25(20)19-9-7-6-8-17(19)15-28-25/h6-14H,3-5,15H2,1-2H3. The number of rotatable bonds is 3. The van der Waals surface area contributed by atoms with Crippen molar-refractivity contribution in [3.63, 3.8) is 0 Å². The summed E-state index contributed by atoms with van der Waals surface area (Å²) < 4.78 is 8.97. The van der Waals surface area contributed by atoms with E-state index in [0.29, 0.717) is 12.2 Å². The predicted molar refractivity (Wildman–Crippen MR) is 118 cm³/mol. The third kappa shape index (κ3) is 2.56. The monoisotopic (exact) mass is 449 g/mol. The summed E-state index contributed by atoms with van der Waals surface area (Å²) in [6, 6.07) is 15.2. The van der Waals surface area contributed by atoms with Crippen LogP contribution >= 0.6 is 0 Å². The van der Waals surface area contributed by atoms with Crippen molar-refractivity contribution < 1.29 is 9.53 Å². The molecular formula is C25H23NO2Se. The summed E-state index contributed by atoms with van der Waals surface area (Å²) in [5, 5.41) is 0. The Labute approximate surface area is 177 Å². The van der Waals surface area contributed by atoms with E-state index in [4.69, 9.17) is 4.74 Å². The number of nitrogens with zero attached hydrogens (tertiary/aromatic N) is 1. The molecule has 0 amide bonds. The average Bonchev–Trinajstić information content (AvgIpc) is 3.12. The molecule has 1 spiro atoms. The molecule has 3 nitrogen and oxygen atoms in total. The molecule has 1 aliphatic carbocycles. The molecular weight excluding hydrogens is 425 g/mol. The van der Waals surface area contributed by atoms with Crippen molar-refractivity contribution in [1.82, 2.24) is 0 Å². The normalized spacial score (nSPS) is 22.0. The molecule has 2 aliphatic heterocycles. The minimum atomic E-state index is -0.650. The zero-order chi connectivity index (χ0) is 20.2. The molecule has 4 heteroatoms. The molecule has 0 radical (unpaired) electrons. The van der Waals surface area contributed by atoms with E-state index in [1.807, 2.05) is 6.08 Å². The number of hydrogen-bond acceptors (Lipinski definition) is 3. The predicted octanol–water partition coefficient (Wildman–Crippen LogP) is 3.60. The summed E-state index contributed by atoms with van der Waals surface area (Å²) in [4.78, 5) is 14.8. The van der Waals surface area contributed by atoms with Gasteiger partial charge in [0, 0.05) is 0 Å². The second-order valence-corrected chi connectivity index (χ2v) is 9.71. The average molecular weight is 448 g/mol.